The van der Waals surface area contributed by atoms with Crippen molar-refractivity contribution in [2.24, 2.45) is 0 Å². The Morgan fingerprint density at radius 2 is 1.91 bits per heavy atom. The van der Waals surface area contributed by atoms with E-state index in [9.17, 15) is 4.79 Å². The van der Waals surface area contributed by atoms with Crippen LogP contribution in [0.1, 0.15) is 21.6 Å². The predicted octanol–water partition coefficient (Wildman–Crippen LogP) is 2.85. The van der Waals surface area contributed by atoms with Crippen LogP contribution in [0.3, 0.4) is 0 Å². The van der Waals surface area contributed by atoms with Gasteiger partial charge in [-0.15, -0.1) is 0 Å². The van der Waals surface area contributed by atoms with Crippen LogP contribution in [0.25, 0.3) is 5.69 Å². The van der Waals surface area contributed by atoms with Gasteiger partial charge in [0.15, 0.2) is 0 Å². The summed E-state index contributed by atoms with van der Waals surface area (Å²) in [7, 11) is 1.78. The number of para-hydroxylation sites is 1. The fraction of sp³-hybridized carbons (Fsp3) is 0.167. The molecule has 0 saturated heterocycles. The normalized spacial score (nSPS) is 10.5. The van der Waals surface area contributed by atoms with E-state index in [2.05, 4.69) is 10.1 Å². The predicted molar refractivity (Wildman–Crippen MR) is 88.3 cm³/mol. The summed E-state index contributed by atoms with van der Waals surface area (Å²) < 4.78 is 1.81. The lowest BCUT2D eigenvalue weighted by atomic mass is 10.2. The van der Waals surface area contributed by atoms with Gasteiger partial charge in [0, 0.05) is 37.2 Å². The first kappa shape index (κ1) is 15.0. The van der Waals surface area contributed by atoms with Gasteiger partial charge in [-0.05, 0) is 31.2 Å². The van der Waals surface area contributed by atoms with Gasteiger partial charge < -0.3 is 4.90 Å². The number of benzene rings is 1. The van der Waals surface area contributed by atoms with Gasteiger partial charge in [-0.25, -0.2) is 4.68 Å². The summed E-state index contributed by atoms with van der Waals surface area (Å²) in [5, 5.41) is 4.35. The maximum absolute atomic E-state index is 12.4. The monoisotopic (exact) mass is 306 g/mol. The van der Waals surface area contributed by atoms with E-state index in [0.717, 1.165) is 16.9 Å². The van der Waals surface area contributed by atoms with Gasteiger partial charge in [-0.1, -0.05) is 18.2 Å². The van der Waals surface area contributed by atoms with Gasteiger partial charge in [-0.2, -0.15) is 5.10 Å². The highest BCUT2D eigenvalue weighted by molar-refractivity contribution is 5.93. The molecule has 0 aliphatic carbocycles. The summed E-state index contributed by atoms with van der Waals surface area (Å²) in [5.41, 5.74) is 3.46. The topological polar surface area (TPSA) is 51.0 Å². The number of nitrogens with zero attached hydrogens (tertiary/aromatic N) is 4. The molecule has 0 atom stereocenters. The van der Waals surface area contributed by atoms with Gasteiger partial charge in [0.05, 0.1) is 17.4 Å². The van der Waals surface area contributed by atoms with Gasteiger partial charge in [-0.3, -0.25) is 9.78 Å². The lowest BCUT2D eigenvalue weighted by molar-refractivity contribution is 0.0784. The van der Waals surface area contributed by atoms with Crippen LogP contribution in [0, 0.1) is 6.92 Å². The van der Waals surface area contributed by atoms with Crippen LogP contribution in [0.15, 0.2) is 61.1 Å². The Morgan fingerprint density at radius 1 is 1.13 bits per heavy atom. The van der Waals surface area contributed by atoms with Crippen molar-refractivity contribution in [3.8, 4) is 5.69 Å². The number of carbonyl (C=O) groups is 1. The Hall–Kier alpha value is -2.95. The zero-order chi connectivity index (χ0) is 16.2. The minimum absolute atomic E-state index is 0.0510. The molecular weight excluding hydrogens is 288 g/mol. The molecule has 2 heterocycles. The smallest absolute Gasteiger partial charge is 0.255 e. The maximum atomic E-state index is 12.4. The van der Waals surface area contributed by atoms with Crippen LogP contribution in [0.5, 0.6) is 0 Å². The van der Waals surface area contributed by atoms with Crippen molar-refractivity contribution in [1.82, 2.24) is 19.7 Å². The molecular formula is C18H18N4O. The van der Waals surface area contributed by atoms with Crippen LogP contribution >= 0.6 is 0 Å². The summed E-state index contributed by atoms with van der Waals surface area (Å²) in [6.45, 7) is 2.40. The molecule has 0 bridgehead atoms. The van der Waals surface area contributed by atoms with E-state index in [1.54, 1.807) is 35.1 Å². The van der Waals surface area contributed by atoms with E-state index in [-0.39, 0.29) is 5.91 Å². The van der Waals surface area contributed by atoms with Crippen molar-refractivity contribution < 1.29 is 4.79 Å². The Labute approximate surface area is 135 Å². The second kappa shape index (κ2) is 6.44. The van der Waals surface area contributed by atoms with Crippen molar-refractivity contribution in [2.45, 2.75) is 13.5 Å². The molecule has 0 aliphatic heterocycles. The number of pyridine rings is 1. The average molecular weight is 306 g/mol. The zero-order valence-corrected chi connectivity index (χ0v) is 13.2. The number of aryl methyl sites for hydroxylation is 1. The SMILES string of the molecule is Cc1ccc(C(=O)N(C)Cc2cnn(-c3ccccc3)c2)cn1. The van der Waals surface area contributed by atoms with E-state index in [0.29, 0.717) is 12.1 Å². The number of amides is 1. The Balaban J connectivity index is 1.71. The molecule has 23 heavy (non-hydrogen) atoms. The second-order valence-corrected chi connectivity index (χ2v) is 5.48. The molecule has 0 saturated carbocycles. The molecule has 0 unspecified atom stereocenters. The van der Waals surface area contributed by atoms with E-state index in [1.807, 2.05) is 49.5 Å². The standard InChI is InChI=1S/C18H18N4O/c1-14-8-9-16(11-19-14)18(23)21(2)12-15-10-20-22(13-15)17-6-4-3-5-7-17/h3-11,13H,12H2,1-2H3. The molecule has 3 aromatic rings. The number of aromatic nitrogens is 3. The second-order valence-electron chi connectivity index (χ2n) is 5.48. The number of rotatable bonds is 4. The van der Waals surface area contributed by atoms with Crippen molar-refractivity contribution in [2.75, 3.05) is 7.05 Å². The van der Waals surface area contributed by atoms with Crippen LogP contribution < -0.4 is 0 Å². The van der Waals surface area contributed by atoms with E-state index >= 15 is 0 Å². The van der Waals surface area contributed by atoms with Crippen molar-refractivity contribution in [3.05, 3.63) is 77.9 Å². The molecule has 0 aliphatic rings. The fourth-order valence-electron chi connectivity index (χ4n) is 2.32. The van der Waals surface area contributed by atoms with Gasteiger partial charge >= 0.3 is 0 Å². The molecule has 2 aromatic heterocycles. The van der Waals surface area contributed by atoms with E-state index in [4.69, 9.17) is 0 Å². The summed E-state index contributed by atoms with van der Waals surface area (Å²) in [6, 6.07) is 13.5. The largest absolute Gasteiger partial charge is 0.337 e. The quantitative estimate of drug-likeness (QED) is 0.745. The lowest BCUT2D eigenvalue weighted by Gasteiger charge is -2.16. The van der Waals surface area contributed by atoms with Crippen molar-refractivity contribution in [3.63, 3.8) is 0 Å². The minimum atomic E-state index is -0.0510. The fourth-order valence-corrected chi connectivity index (χ4v) is 2.32. The molecule has 0 N–H and O–H groups in total. The highest BCUT2D eigenvalue weighted by atomic mass is 16.2. The van der Waals surface area contributed by atoms with Crippen LogP contribution in [0.4, 0.5) is 0 Å². The number of carbonyl (C=O) groups excluding carboxylic acids is 1. The lowest BCUT2D eigenvalue weighted by Crippen LogP contribution is -2.26. The molecule has 0 fully saturated rings. The van der Waals surface area contributed by atoms with Gasteiger partial charge in [0.2, 0.25) is 0 Å². The highest BCUT2D eigenvalue weighted by Crippen LogP contribution is 2.11. The third-order valence-corrected chi connectivity index (χ3v) is 3.58. The van der Waals surface area contributed by atoms with Gasteiger partial charge in [0.25, 0.3) is 5.91 Å². The molecule has 3 rings (SSSR count). The summed E-state index contributed by atoms with van der Waals surface area (Å²) in [4.78, 5) is 18.2. The van der Waals surface area contributed by atoms with Gasteiger partial charge in [0.1, 0.15) is 0 Å². The first-order valence-corrected chi connectivity index (χ1v) is 7.40. The summed E-state index contributed by atoms with van der Waals surface area (Å²) in [5.74, 6) is -0.0510. The van der Waals surface area contributed by atoms with Crippen LogP contribution in [-0.4, -0.2) is 32.6 Å². The third-order valence-electron chi connectivity index (χ3n) is 3.58. The van der Waals surface area contributed by atoms with E-state index < -0.39 is 0 Å². The van der Waals surface area contributed by atoms with Crippen molar-refractivity contribution in [1.29, 1.82) is 0 Å². The summed E-state index contributed by atoms with van der Waals surface area (Å²) in [6.07, 6.45) is 5.33. The number of hydrogen-bond acceptors (Lipinski definition) is 3. The molecule has 1 amide bonds. The first-order chi connectivity index (χ1) is 11.1. The highest BCUT2D eigenvalue weighted by Gasteiger charge is 2.13. The molecule has 116 valence electrons. The first-order valence-electron chi connectivity index (χ1n) is 7.40. The summed E-state index contributed by atoms with van der Waals surface area (Å²) >= 11 is 0. The molecule has 5 nitrogen and oxygen atoms in total. The Morgan fingerprint density at radius 3 is 2.61 bits per heavy atom. The molecule has 0 radical (unpaired) electrons. The zero-order valence-electron chi connectivity index (χ0n) is 13.2. The maximum Gasteiger partial charge on any atom is 0.255 e. The number of hydrogen-bond donors (Lipinski definition) is 0. The minimum Gasteiger partial charge on any atom is -0.337 e. The van der Waals surface area contributed by atoms with Crippen LogP contribution in [0.2, 0.25) is 0 Å². The molecule has 1 aromatic carbocycles. The van der Waals surface area contributed by atoms with Crippen molar-refractivity contribution >= 4 is 5.91 Å². The Bertz CT molecular complexity index is 793. The third kappa shape index (κ3) is 3.45. The van der Waals surface area contributed by atoms with E-state index in [1.165, 1.54) is 0 Å². The average Bonchev–Trinajstić information content (AvgIpc) is 3.04. The molecule has 0 spiro atoms. The Kier molecular flexibility index (Phi) is 4.19. The molecule has 5 heteroatoms. The van der Waals surface area contributed by atoms with Crippen LogP contribution in [-0.2, 0) is 6.54 Å².